The van der Waals surface area contributed by atoms with Crippen LogP contribution in [0, 0.1) is 13.8 Å². The third-order valence-electron chi connectivity index (χ3n) is 5.93. The number of quaternary nitrogens is 1. The molecule has 3 rings (SSSR count). The number of anilines is 1. The maximum atomic E-state index is 12.6. The van der Waals surface area contributed by atoms with Gasteiger partial charge in [-0.15, -0.1) is 0 Å². The number of carbonyl (C=O) groups is 2. The number of nitrogens with zero attached hydrogens (tertiary/aromatic N) is 2. The van der Waals surface area contributed by atoms with Gasteiger partial charge in [0.1, 0.15) is 0 Å². The van der Waals surface area contributed by atoms with Gasteiger partial charge in [0.15, 0.2) is 0 Å². The molecule has 2 N–H and O–H groups in total. The zero-order valence-electron chi connectivity index (χ0n) is 16.3. The Hall–Kier alpha value is -2.08. The Balaban J connectivity index is 1.58. The summed E-state index contributed by atoms with van der Waals surface area (Å²) in [5, 5.41) is 3.06. The Morgan fingerprint density at radius 2 is 1.92 bits per heavy atom. The molecule has 3 amide bonds. The molecule has 0 spiro atoms. The highest BCUT2D eigenvalue weighted by Gasteiger charge is 2.33. The fourth-order valence-electron chi connectivity index (χ4n) is 3.87. The summed E-state index contributed by atoms with van der Waals surface area (Å²) in [4.78, 5) is 30.2. The lowest BCUT2D eigenvalue weighted by Crippen LogP contribution is -3.10. The van der Waals surface area contributed by atoms with Crippen LogP contribution in [0.15, 0.2) is 18.2 Å². The Labute approximate surface area is 156 Å². The number of benzene rings is 1. The van der Waals surface area contributed by atoms with Crippen molar-refractivity contribution in [3.63, 3.8) is 0 Å². The van der Waals surface area contributed by atoms with E-state index in [-0.39, 0.29) is 18.0 Å². The minimum absolute atomic E-state index is 0.0608. The summed E-state index contributed by atoms with van der Waals surface area (Å²) in [6, 6.07) is 6.18. The number of likely N-dealkylation sites (tertiary alicyclic amines) is 1. The molecule has 2 heterocycles. The molecule has 2 fully saturated rings. The van der Waals surface area contributed by atoms with Crippen LogP contribution < -0.4 is 15.1 Å². The predicted molar refractivity (Wildman–Crippen MR) is 103 cm³/mol. The third kappa shape index (κ3) is 4.01. The van der Waals surface area contributed by atoms with Gasteiger partial charge in [-0.05, 0) is 37.1 Å². The Morgan fingerprint density at radius 3 is 2.58 bits per heavy atom. The Bertz CT molecular complexity index is 682. The number of carbonyl (C=O) groups excluding carboxylic acids is 2. The second kappa shape index (κ2) is 7.66. The highest BCUT2D eigenvalue weighted by atomic mass is 16.2. The lowest BCUT2D eigenvalue weighted by molar-refractivity contribution is -0.885. The zero-order valence-corrected chi connectivity index (χ0v) is 16.3. The van der Waals surface area contributed by atoms with Gasteiger partial charge in [-0.2, -0.15) is 0 Å². The largest absolute Gasteiger partial charge is 0.337 e. The first-order valence-corrected chi connectivity index (χ1v) is 9.57. The van der Waals surface area contributed by atoms with Crippen LogP contribution in [0.2, 0.25) is 0 Å². The molecular formula is C20H31N4O2+. The highest BCUT2D eigenvalue weighted by molar-refractivity contribution is 5.96. The van der Waals surface area contributed by atoms with Gasteiger partial charge in [-0.1, -0.05) is 6.07 Å². The van der Waals surface area contributed by atoms with E-state index in [1.54, 1.807) is 4.90 Å². The van der Waals surface area contributed by atoms with Crippen molar-refractivity contribution in [3.05, 3.63) is 29.3 Å². The normalized spacial score (nSPS) is 26.1. The molecule has 0 saturated carbocycles. The van der Waals surface area contributed by atoms with Crippen LogP contribution in [0.3, 0.4) is 0 Å². The lowest BCUT2D eigenvalue weighted by Gasteiger charge is -2.33. The number of piperidine rings is 1. The fourth-order valence-corrected chi connectivity index (χ4v) is 3.87. The predicted octanol–water partition coefficient (Wildman–Crippen LogP) is 0.727. The topological polar surface area (TPSA) is 57.1 Å². The molecule has 0 aromatic heterocycles. The molecule has 1 aromatic rings. The van der Waals surface area contributed by atoms with Gasteiger partial charge in [0.05, 0.1) is 26.2 Å². The van der Waals surface area contributed by atoms with Crippen LogP contribution in [-0.4, -0.2) is 62.7 Å². The van der Waals surface area contributed by atoms with Crippen LogP contribution in [0.25, 0.3) is 0 Å². The van der Waals surface area contributed by atoms with E-state index in [9.17, 15) is 9.59 Å². The summed E-state index contributed by atoms with van der Waals surface area (Å²) in [5.74, 6) is 0.0732. The van der Waals surface area contributed by atoms with E-state index in [2.05, 4.69) is 26.2 Å². The molecule has 1 atom stereocenters. The smallest absolute Gasteiger partial charge is 0.317 e. The second-order valence-electron chi connectivity index (χ2n) is 7.92. The number of hydrogen-bond donors (Lipinski definition) is 2. The Kier molecular flexibility index (Phi) is 5.51. The van der Waals surface area contributed by atoms with Gasteiger partial charge in [-0.25, -0.2) is 4.79 Å². The molecule has 0 bridgehead atoms. The van der Waals surface area contributed by atoms with E-state index in [0.717, 1.165) is 31.6 Å². The first-order valence-electron chi connectivity index (χ1n) is 9.57. The van der Waals surface area contributed by atoms with E-state index >= 15 is 0 Å². The first kappa shape index (κ1) is 18.7. The summed E-state index contributed by atoms with van der Waals surface area (Å²) in [6.07, 6.45) is 2.44. The van der Waals surface area contributed by atoms with E-state index < -0.39 is 0 Å². The molecular weight excluding hydrogens is 328 g/mol. The van der Waals surface area contributed by atoms with Crippen molar-refractivity contribution in [1.82, 2.24) is 10.2 Å². The number of amides is 3. The van der Waals surface area contributed by atoms with Crippen molar-refractivity contribution < 1.29 is 14.5 Å². The summed E-state index contributed by atoms with van der Waals surface area (Å²) in [5.41, 5.74) is 3.31. The average Bonchev–Trinajstić information content (AvgIpc) is 2.97. The number of hydrogen-bond acceptors (Lipinski definition) is 2. The molecule has 0 unspecified atom stereocenters. The molecule has 2 saturated heterocycles. The van der Waals surface area contributed by atoms with Crippen molar-refractivity contribution in [3.8, 4) is 0 Å². The van der Waals surface area contributed by atoms with E-state index in [1.807, 2.05) is 30.1 Å². The van der Waals surface area contributed by atoms with Gasteiger partial charge in [0.2, 0.25) is 5.91 Å². The van der Waals surface area contributed by atoms with Gasteiger partial charge in [0, 0.05) is 44.6 Å². The number of aryl methyl sites for hydroxylation is 2. The van der Waals surface area contributed by atoms with E-state index in [0.29, 0.717) is 19.0 Å². The van der Waals surface area contributed by atoms with Crippen LogP contribution in [0.5, 0.6) is 0 Å². The molecule has 1 aromatic carbocycles. The Morgan fingerprint density at radius 1 is 1.23 bits per heavy atom. The first-order chi connectivity index (χ1) is 12.3. The van der Waals surface area contributed by atoms with Gasteiger partial charge in [-0.3, -0.25) is 4.79 Å². The van der Waals surface area contributed by atoms with Crippen LogP contribution in [-0.2, 0) is 4.79 Å². The lowest BCUT2D eigenvalue weighted by atomic mass is 10.0. The van der Waals surface area contributed by atoms with Crippen LogP contribution in [0.4, 0.5) is 10.5 Å². The van der Waals surface area contributed by atoms with Crippen molar-refractivity contribution in [2.24, 2.45) is 0 Å². The second-order valence-corrected chi connectivity index (χ2v) is 7.92. The number of rotatable bonds is 3. The summed E-state index contributed by atoms with van der Waals surface area (Å²) < 4.78 is 0. The number of nitrogens with one attached hydrogen (secondary N) is 2. The summed E-state index contributed by atoms with van der Waals surface area (Å²) in [7, 11) is 4.07. The summed E-state index contributed by atoms with van der Waals surface area (Å²) >= 11 is 0. The van der Waals surface area contributed by atoms with Crippen molar-refractivity contribution >= 4 is 17.6 Å². The molecule has 6 heteroatoms. The average molecular weight is 359 g/mol. The van der Waals surface area contributed by atoms with Gasteiger partial charge in [0.25, 0.3) is 0 Å². The summed E-state index contributed by atoms with van der Waals surface area (Å²) in [6.45, 7) is 6.86. The van der Waals surface area contributed by atoms with Gasteiger partial charge >= 0.3 is 6.03 Å². The van der Waals surface area contributed by atoms with Crippen molar-refractivity contribution in [1.29, 1.82) is 0 Å². The number of urea groups is 1. The molecule has 6 nitrogen and oxygen atoms in total. The standard InChI is InChI=1S/C20H30N4O2/c1-14-5-6-18(11-15(14)2)24-13-16(12-19(24)25)21-20(26)23(4)17-7-9-22(3)10-8-17/h5-6,11,16-17H,7-10,12-13H2,1-4H3,(H,21,26)/p+1/t16-/m1/s1. The van der Waals surface area contributed by atoms with Gasteiger partial charge < -0.3 is 20.0 Å². The maximum absolute atomic E-state index is 12.6. The SMILES string of the molecule is Cc1ccc(N2C[C@H](NC(=O)N(C)C3CC[NH+](C)CC3)CC2=O)cc1C. The van der Waals surface area contributed by atoms with Crippen LogP contribution >= 0.6 is 0 Å². The fraction of sp³-hybridized carbons (Fsp3) is 0.600. The van der Waals surface area contributed by atoms with Crippen molar-refractivity contribution in [2.45, 2.75) is 45.2 Å². The maximum Gasteiger partial charge on any atom is 0.317 e. The quantitative estimate of drug-likeness (QED) is 0.836. The minimum Gasteiger partial charge on any atom is -0.337 e. The zero-order chi connectivity index (χ0) is 18.8. The molecule has 2 aliphatic rings. The molecule has 2 aliphatic heterocycles. The third-order valence-corrected chi connectivity index (χ3v) is 5.93. The highest BCUT2D eigenvalue weighted by Crippen LogP contribution is 2.24. The van der Waals surface area contributed by atoms with Crippen molar-refractivity contribution in [2.75, 3.05) is 38.6 Å². The van der Waals surface area contributed by atoms with E-state index in [4.69, 9.17) is 0 Å². The monoisotopic (exact) mass is 359 g/mol. The molecule has 142 valence electrons. The minimum atomic E-state index is -0.129. The van der Waals surface area contributed by atoms with E-state index in [1.165, 1.54) is 16.0 Å². The van der Waals surface area contributed by atoms with Crippen LogP contribution in [0.1, 0.15) is 30.4 Å². The molecule has 0 radical (unpaired) electrons. The molecule has 0 aliphatic carbocycles. The molecule has 26 heavy (non-hydrogen) atoms.